The summed E-state index contributed by atoms with van der Waals surface area (Å²) in [4.78, 5) is 14.2. The summed E-state index contributed by atoms with van der Waals surface area (Å²) >= 11 is 5.31. The molecule has 0 saturated heterocycles. The van der Waals surface area contributed by atoms with Crippen molar-refractivity contribution >= 4 is 29.0 Å². The number of ether oxygens (including phenoxy) is 2. The first kappa shape index (κ1) is 21.2. The molecule has 0 aromatic heterocycles. The molecule has 2 aromatic carbocycles. The summed E-state index contributed by atoms with van der Waals surface area (Å²) in [5.41, 5.74) is 1.21. The van der Waals surface area contributed by atoms with Crippen LogP contribution in [0.25, 0.3) is 0 Å². The minimum Gasteiger partial charge on any atom is -0.494 e. The first-order valence-electron chi connectivity index (χ1n) is 8.90. The highest BCUT2D eigenvalue weighted by atomic mass is 32.1. The van der Waals surface area contributed by atoms with E-state index in [4.69, 9.17) is 21.7 Å². The molecule has 0 aliphatic heterocycles. The van der Waals surface area contributed by atoms with Gasteiger partial charge in [0, 0.05) is 24.3 Å². The predicted molar refractivity (Wildman–Crippen MR) is 117 cm³/mol. The van der Waals surface area contributed by atoms with Gasteiger partial charge in [0.2, 0.25) is 0 Å². The lowest BCUT2D eigenvalue weighted by Gasteiger charge is -2.21. The molecule has 1 amide bonds. The van der Waals surface area contributed by atoms with E-state index in [1.54, 1.807) is 48.6 Å². The first-order chi connectivity index (χ1) is 13.6. The lowest BCUT2D eigenvalue weighted by molar-refractivity contribution is 0.102. The fraction of sp³-hybridized carbons (Fsp3) is 0.182. The molecule has 0 spiro atoms. The molecule has 6 heteroatoms. The molecule has 0 atom stereocenters. The maximum Gasteiger partial charge on any atom is 0.265 e. The van der Waals surface area contributed by atoms with Crippen LogP contribution in [0.15, 0.2) is 73.8 Å². The van der Waals surface area contributed by atoms with Crippen LogP contribution < -0.4 is 14.8 Å². The molecular formula is C22H24N2O3S. The maximum atomic E-state index is 12.4. The highest BCUT2D eigenvalue weighted by Crippen LogP contribution is 2.18. The second-order valence-electron chi connectivity index (χ2n) is 5.79. The van der Waals surface area contributed by atoms with Gasteiger partial charge >= 0.3 is 0 Å². The van der Waals surface area contributed by atoms with Crippen LogP contribution in [0, 0.1) is 0 Å². The summed E-state index contributed by atoms with van der Waals surface area (Å²) in [5, 5.41) is 3.17. The van der Waals surface area contributed by atoms with Crippen molar-refractivity contribution < 1.29 is 14.3 Å². The van der Waals surface area contributed by atoms with Crippen LogP contribution in [0.5, 0.6) is 11.5 Å². The van der Waals surface area contributed by atoms with Crippen molar-refractivity contribution in [3.63, 3.8) is 0 Å². The smallest absolute Gasteiger partial charge is 0.265 e. The first-order valence-corrected chi connectivity index (χ1v) is 9.31. The Balaban J connectivity index is 1.97. The molecular weight excluding hydrogens is 372 g/mol. The summed E-state index contributed by atoms with van der Waals surface area (Å²) in [6, 6.07) is 14.0. The summed E-state index contributed by atoms with van der Waals surface area (Å²) < 4.78 is 11.1. The fourth-order valence-corrected chi connectivity index (χ4v) is 2.62. The Kier molecular flexibility index (Phi) is 8.24. The summed E-state index contributed by atoms with van der Waals surface area (Å²) in [5.74, 6) is 1.11. The number of hydrogen-bond acceptors (Lipinski definition) is 4. The van der Waals surface area contributed by atoms with Gasteiger partial charge in [-0.25, -0.2) is 0 Å². The van der Waals surface area contributed by atoms with Crippen molar-refractivity contribution in [2.75, 3.05) is 25.0 Å². The van der Waals surface area contributed by atoms with Crippen LogP contribution in [0.4, 0.5) is 5.69 Å². The van der Waals surface area contributed by atoms with E-state index in [0.717, 1.165) is 5.75 Å². The standard InChI is InChI=1S/C22H24N2O3S/c1-4-15-24(16-5-2)22(28)27-20-11-7-17(8-12-20)21(25)23-18-9-13-19(14-10-18)26-6-3/h4-5,7-14H,1-2,6,15-16H2,3H3,(H,23,25). The number of carbonyl (C=O) groups excluding carboxylic acids is 1. The molecule has 28 heavy (non-hydrogen) atoms. The second kappa shape index (κ2) is 10.9. The van der Waals surface area contributed by atoms with Gasteiger partial charge < -0.3 is 19.7 Å². The van der Waals surface area contributed by atoms with E-state index in [1.807, 2.05) is 24.0 Å². The average molecular weight is 397 g/mol. The van der Waals surface area contributed by atoms with Crippen molar-refractivity contribution in [3.05, 3.63) is 79.4 Å². The Bertz CT molecular complexity index is 807. The normalized spacial score (nSPS) is 9.89. The van der Waals surface area contributed by atoms with Crippen LogP contribution in [0.3, 0.4) is 0 Å². The van der Waals surface area contributed by atoms with Gasteiger partial charge in [0.1, 0.15) is 11.5 Å². The third-order valence-corrected chi connectivity index (χ3v) is 4.04. The Morgan fingerprint density at radius 3 is 2.14 bits per heavy atom. The SMILES string of the molecule is C=CCN(CC=C)C(=S)Oc1ccc(C(=O)Nc2ccc(OCC)cc2)cc1. The van der Waals surface area contributed by atoms with Crippen molar-refractivity contribution in [2.45, 2.75) is 6.92 Å². The summed E-state index contributed by atoms with van der Waals surface area (Å²) in [6.45, 7) is 11.1. The summed E-state index contributed by atoms with van der Waals surface area (Å²) in [7, 11) is 0. The molecule has 2 rings (SSSR count). The molecule has 0 saturated carbocycles. The lowest BCUT2D eigenvalue weighted by Crippen LogP contribution is -2.33. The maximum absolute atomic E-state index is 12.4. The third-order valence-electron chi connectivity index (χ3n) is 3.70. The molecule has 2 aromatic rings. The van der Waals surface area contributed by atoms with Gasteiger partial charge in [-0.05, 0) is 67.7 Å². The van der Waals surface area contributed by atoms with E-state index in [9.17, 15) is 4.79 Å². The minimum atomic E-state index is -0.210. The number of carbonyl (C=O) groups is 1. The monoisotopic (exact) mass is 396 g/mol. The van der Waals surface area contributed by atoms with Crippen molar-refractivity contribution in [3.8, 4) is 11.5 Å². The van der Waals surface area contributed by atoms with Gasteiger partial charge in [-0.3, -0.25) is 4.79 Å². The molecule has 1 N–H and O–H groups in total. The van der Waals surface area contributed by atoms with E-state index in [1.165, 1.54) is 0 Å². The number of nitrogens with zero attached hydrogens (tertiary/aromatic N) is 1. The van der Waals surface area contributed by atoms with Gasteiger partial charge in [-0.15, -0.1) is 13.2 Å². The molecule has 0 radical (unpaired) electrons. The minimum absolute atomic E-state index is 0.210. The van der Waals surface area contributed by atoms with Crippen molar-refractivity contribution in [1.82, 2.24) is 4.90 Å². The highest BCUT2D eigenvalue weighted by molar-refractivity contribution is 7.80. The molecule has 5 nitrogen and oxygen atoms in total. The van der Waals surface area contributed by atoms with Crippen LogP contribution in [0.1, 0.15) is 17.3 Å². The lowest BCUT2D eigenvalue weighted by atomic mass is 10.2. The number of hydrogen-bond donors (Lipinski definition) is 1. The van der Waals surface area contributed by atoms with E-state index in [-0.39, 0.29) is 5.91 Å². The molecule has 0 bridgehead atoms. The van der Waals surface area contributed by atoms with Gasteiger partial charge in [0.25, 0.3) is 11.1 Å². The molecule has 0 aliphatic carbocycles. The zero-order chi connectivity index (χ0) is 20.4. The van der Waals surface area contributed by atoms with Crippen LogP contribution in [-0.4, -0.2) is 35.7 Å². The zero-order valence-electron chi connectivity index (χ0n) is 15.9. The van der Waals surface area contributed by atoms with E-state index in [2.05, 4.69) is 18.5 Å². The third kappa shape index (κ3) is 6.25. The molecule has 0 unspecified atom stereocenters. The molecule has 0 fully saturated rings. The topological polar surface area (TPSA) is 50.8 Å². The number of anilines is 1. The number of thiocarbonyl (C=S) groups is 1. The highest BCUT2D eigenvalue weighted by Gasteiger charge is 2.10. The Morgan fingerprint density at radius 1 is 1.04 bits per heavy atom. The predicted octanol–water partition coefficient (Wildman–Crippen LogP) is 4.68. The van der Waals surface area contributed by atoms with Crippen LogP contribution >= 0.6 is 12.2 Å². The number of amides is 1. The van der Waals surface area contributed by atoms with Crippen molar-refractivity contribution in [2.24, 2.45) is 0 Å². The number of benzene rings is 2. The van der Waals surface area contributed by atoms with E-state index >= 15 is 0 Å². The van der Waals surface area contributed by atoms with Gasteiger partial charge in [0.15, 0.2) is 0 Å². The second-order valence-corrected chi connectivity index (χ2v) is 6.14. The fourth-order valence-electron chi connectivity index (χ4n) is 2.38. The van der Waals surface area contributed by atoms with Crippen LogP contribution in [0.2, 0.25) is 0 Å². The molecule has 146 valence electrons. The Hall–Kier alpha value is -3.12. The van der Waals surface area contributed by atoms with Crippen molar-refractivity contribution in [1.29, 1.82) is 0 Å². The van der Waals surface area contributed by atoms with Gasteiger partial charge in [-0.2, -0.15) is 0 Å². The number of rotatable bonds is 9. The summed E-state index contributed by atoms with van der Waals surface area (Å²) in [6.07, 6.45) is 3.49. The van der Waals surface area contributed by atoms with Crippen LogP contribution in [-0.2, 0) is 0 Å². The van der Waals surface area contributed by atoms with E-state index < -0.39 is 0 Å². The zero-order valence-corrected chi connectivity index (χ0v) is 16.7. The van der Waals surface area contributed by atoms with Gasteiger partial charge in [0.05, 0.1) is 6.61 Å². The quantitative estimate of drug-likeness (QED) is 0.493. The average Bonchev–Trinajstić information content (AvgIpc) is 2.70. The Morgan fingerprint density at radius 2 is 1.61 bits per heavy atom. The molecule has 0 heterocycles. The van der Waals surface area contributed by atoms with E-state index in [0.29, 0.717) is 41.9 Å². The molecule has 0 aliphatic rings. The van der Waals surface area contributed by atoms with Gasteiger partial charge in [-0.1, -0.05) is 12.2 Å². The Labute approximate surface area is 171 Å². The largest absolute Gasteiger partial charge is 0.494 e. The number of nitrogens with one attached hydrogen (secondary N) is 1.